The summed E-state index contributed by atoms with van der Waals surface area (Å²) in [5.74, 6) is 0.289. The molecule has 0 saturated carbocycles. The minimum absolute atomic E-state index is 0.0654. The molecule has 0 aliphatic heterocycles. The largest absolute Gasteiger partial charge is 0.491 e. The summed E-state index contributed by atoms with van der Waals surface area (Å²) >= 11 is 0. The third kappa shape index (κ3) is 7.93. The number of ether oxygens (including phenoxy) is 2. The monoisotopic (exact) mass is 498 g/mol. The van der Waals surface area contributed by atoms with Gasteiger partial charge in [-0.3, -0.25) is 0 Å². The lowest BCUT2D eigenvalue weighted by Gasteiger charge is -2.16. The van der Waals surface area contributed by atoms with Crippen LogP contribution in [0.15, 0.2) is 85.0 Å². The van der Waals surface area contributed by atoms with Crippen molar-refractivity contribution in [2.24, 2.45) is 0 Å². The molecule has 0 aliphatic rings. The van der Waals surface area contributed by atoms with Crippen LogP contribution in [-0.2, 0) is 28.8 Å². The highest BCUT2D eigenvalue weighted by atomic mass is 16.5. The van der Waals surface area contributed by atoms with Crippen molar-refractivity contribution in [3.8, 4) is 28.0 Å². The molecule has 3 rings (SSSR count). The van der Waals surface area contributed by atoms with Gasteiger partial charge in [-0.15, -0.1) is 0 Å². The van der Waals surface area contributed by atoms with Crippen LogP contribution < -0.4 is 4.74 Å². The van der Waals surface area contributed by atoms with Gasteiger partial charge >= 0.3 is 5.97 Å². The van der Waals surface area contributed by atoms with E-state index in [1.165, 1.54) is 27.8 Å². The molecule has 3 aromatic rings. The van der Waals surface area contributed by atoms with Crippen LogP contribution in [0.4, 0.5) is 0 Å². The van der Waals surface area contributed by atoms with Crippen molar-refractivity contribution < 1.29 is 19.4 Å². The number of esters is 1. The van der Waals surface area contributed by atoms with Crippen LogP contribution in [0.5, 0.6) is 5.75 Å². The van der Waals surface area contributed by atoms with E-state index in [2.05, 4.69) is 81.1 Å². The first-order chi connectivity index (χ1) is 18.0. The summed E-state index contributed by atoms with van der Waals surface area (Å²) in [5, 5.41) is 9.21. The summed E-state index contributed by atoms with van der Waals surface area (Å²) in [6.07, 6.45) is 7.82. The first-order valence-corrected chi connectivity index (χ1v) is 13.0. The average molecular weight is 499 g/mol. The van der Waals surface area contributed by atoms with E-state index in [0.29, 0.717) is 17.7 Å². The number of allylic oxidation sites excluding steroid dienone is 2. The van der Waals surface area contributed by atoms with Crippen LogP contribution in [0.1, 0.15) is 43.9 Å². The SMILES string of the molecule is C=C(C)C(=O)OCCc1cc(-c2ccc(-c3ccc(CC/C=C/C)cc3)cc2CC)ccc1OCCO. The summed E-state index contributed by atoms with van der Waals surface area (Å²) in [7, 11) is 0. The van der Waals surface area contributed by atoms with Gasteiger partial charge in [-0.25, -0.2) is 4.79 Å². The molecule has 4 nitrogen and oxygen atoms in total. The minimum atomic E-state index is -0.399. The molecule has 3 aromatic carbocycles. The van der Waals surface area contributed by atoms with E-state index >= 15 is 0 Å². The van der Waals surface area contributed by atoms with Gasteiger partial charge < -0.3 is 14.6 Å². The molecule has 194 valence electrons. The van der Waals surface area contributed by atoms with Gasteiger partial charge in [0.25, 0.3) is 0 Å². The number of aliphatic hydroxyl groups excluding tert-OH is 1. The second kappa shape index (κ2) is 14.2. The maximum absolute atomic E-state index is 11.8. The van der Waals surface area contributed by atoms with Crippen molar-refractivity contribution in [2.45, 2.75) is 46.5 Å². The van der Waals surface area contributed by atoms with Crippen LogP contribution in [0.25, 0.3) is 22.3 Å². The molecular weight excluding hydrogens is 460 g/mol. The minimum Gasteiger partial charge on any atom is -0.491 e. The quantitative estimate of drug-likeness (QED) is 0.155. The Kier molecular flexibility index (Phi) is 10.7. The Morgan fingerprint density at radius 3 is 2.30 bits per heavy atom. The van der Waals surface area contributed by atoms with Crippen molar-refractivity contribution in [1.82, 2.24) is 0 Å². The Morgan fingerprint density at radius 1 is 0.919 bits per heavy atom. The second-order valence-corrected chi connectivity index (χ2v) is 9.09. The normalized spacial score (nSPS) is 11.0. The fraction of sp³-hybridized carbons (Fsp3) is 0.303. The predicted octanol–water partition coefficient (Wildman–Crippen LogP) is 7.12. The number of carbonyl (C=O) groups excluding carboxylic acids is 1. The van der Waals surface area contributed by atoms with Gasteiger partial charge in [0.1, 0.15) is 12.4 Å². The molecule has 0 saturated heterocycles. The molecule has 1 N–H and O–H groups in total. The van der Waals surface area contributed by atoms with Crippen molar-refractivity contribution in [3.05, 3.63) is 102 Å². The van der Waals surface area contributed by atoms with Gasteiger partial charge in [-0.2, -0.15) is 0 Å². The molecule has 4 heteroatoms. The highest BCUT2D eigenvalue weighted by Crippen LogP contribution is 2.33. The molecule has 0 bridgehead atoms. The smallest absolute Gasteiger partial charge is 0.333 e. The molecule has 0 unspecified atom stereocenters. The van der Waals surface area contributed by atoms with Crippen LogP contribution in [-0.4, -0.2) is 30.9 Å². The van der Waals surface area contributed by atoms with Gasteiger partial charge in [-0.1, -0.05) is 74.2 Å². The van der Waals surface area contributed by atoms with Gasteiger partial charge in [0.05, 0.1) is 13.2 Å². The molecule has 0 radical (unpaired) electrons. The lowest BCUT2D eigenvalue weighted by Crippen LogP contribution is -2.10. The van der Waals surface area contributed by atoms with Crippen LogP contribution in [0, 0.1) is 0 Å². The topological polar surface area (TPSA) is 55.8 Å². The number of rotatable bonds is 13. The van der Waals surface area contributed by atoms with Gasteiger partial charge in [0, 0.05) is 12.0 Å². The summed E-state index contributed by atoms with van der Waals surface area (Å²) in [4.78, 5) is 11.8. The van der Waals surface area contributed by atoms with E-state index in [9.17, 15) is 9.90 Å². The number of hydrogen-bond donors (Lipinski definition) is 1. The van der Waals surface area contributed by atoms with E-state index in [1.807, 2.05) is 12.1 Å². The average Bonchev–Trinajstić information content (AvgIpc) is 2.92. The number of carbonyl (C=O) groups is 1. The van der Waals surface area contributed by atoms with Crippen molar-refractivity contribution in [2.75, 3.05) is 19.8 Å². The van der Waals surface area contributed by atoms with Crippen LogP contribution >= 0.6 is 0 Å². The standard InChI is InChI=1S/C33H38O4/c1-5-7-8-9-25-10-12-27(13-11-25)28-14-16-31(26(6-2)22-28)29-15-17-32(36-21-19-34)30(23-29)18-20-37-33(35)24(3)4/h5,7,10-17,22-23,34H,3,6,8-9,18-21H2,1-2,4H3/b7-5+. The molecule has 0 aliphatic carbocycles. The highest BCUT2D eigenvalue weighted by Gasteiger charge is 2.12. The van der Waals surface area contributed by atoms with E-state index in [0.717, 1.165) is 30.4 Å². The Balaban J connectivity index is 1.85. The highest BCUT2D eigenvalue weighted by molar-refractivity contribution is 5.86. The molecule has 0 fully saturated rings. The second-order valence-electron chi connectivity index (χ2n) is 9.09. The maximum Gasteiger partial charge on any atom is 0.333 e. The van der Waals surface area contributed by atoms with Crippen LogP contribution in [0.3, 0.4) is 0 Å². The lowest BCUT2D eigenvalue weighted by atomic mass is 9.92. The molecule has 0 heterocycles. The number of benzene rings is 3. The van der Waals surface area contributed by atoms with Crippen LogP contribution in [0.2, 0.25) is 0 Å². The predicted molar refractivity (Wildman–Crippen MR) is 152 cm³/mol. The molecule has 0 amide bonds. The number of aryl methyl sites for hydroxylation is 2. The zero-order valence-corrected chi connectivity index (χ0v) is 22.3. The first-order valence-electron chi connectivity index (χ1n) is 13.0. The summed E-state index contributed by atoms with van der Waals surface area (Å²) < 4.78 is 11.1. The Hall–Kier alpha value is -3.63. The van der Waals surface area contributed by atoms with Crippen molar-refractivity contribution >= 4 is 5.97 Å². The van der Waals surface area contributed by atoms with Crippen molar-refractivity contribution in [3.63, 3.8) is 0 Å². The molecule has 37 heavy (non-hydrogen) atoms. The summed E-state index contributed by atoms with van der Waals surface area (Å²) in [6.45, 7) is 9.86. The molecule has 0 aromatic heterocycles. The third-order valence-electron chi connectivity index (χ3n) is 6.28. The summed E-state index contributed by atoms with van der Waals surface area (Å²) in [6, 6.07) is 21.5. The van der Waals surface area contributed by atoms with Crippen molar-refractivity contribution in [1.29, 1.82) is 0 Å². The zero-order chi connectivity index (χ0) is 26.6. The third-order valence-corrected chi connectivity index (χ3v) is 6.28. The Labute approximate surface area is 221 Å². The lowest BCUT2D eigenvalue weighted by molar-refractivity contribution is -0.138. The van der Waals surface area contributed by atoms with E-state index in [1.54, 1.807) is 6.92 Å². The first kappa shape index (κ1) is 27.9. The van der Waals surface area contributed by atoms with Gasteiger partial charge in [-0.05, 0) is 84.2 Å². The van der Waals surface area contributed by atoms with E-state index in [-0.39, 0.29) is 19.8 Å². The Bertz CT molecular complexity index is 1220. The number of aliphatic hydroxyl groups is 1. The van der Waals surface area contributed by atoms with Gasteiger partial charge in [0.2, 0.25) is 0 Å². The fourth-order valence-corrected chi connectivity index (χ4v) is 4.24. The van der Waals surface area contributed by atoms with E-state index in [4.69, 9.17) is 9.47 Å². The maximum atomic E-state index is 11.8. The summed E-state index contributed by atoms with van der Waals surface area (Å²) in [5.41, 5.74) is 8.58. The van der Waals surface area contributed by atoms with E-state index < -0.39 is 5.97 Å². The number of hydrogen-bond acceptors (Lipinski definition) is 4. The van der Waals surface area contributed by atoms with Gasteiger partial charge in [0.15, 0.2) is 0 Å². The Morgan fingerprint density at radius 2 is 1.62 bits per heavy atom. The molecule has 0 spiro atoms. The molecular formula is C33H38O4. The zero-order valence-electron chi connectivity index (χ0n) is 22.3. The fourth-order valence-electron chi connectivity index (χ4n) is 4.24. The molecule has 0 atom stereocenters.